The summed E-state index contributed by atoms with van der Waals surface area (Å²) >= 11 is 0. The molecule has 1 saturated heterocycles. The molecule has 29 heavy (non-hydrogen) atoms. The van der Waals surface area contributed by atoms with Crippen LogP contribution in [0.5, 0.6) is 5.75 Å². The Morgan fingerprint density at radius 2 is 1.76 bits per heavy atom. The van der Waals surface area contributed by atoms with Gasteiger partial charge in [0.05, 0.1) is 11.5 Å². The van der Waals surface area contributed by atoms with E-state index in [1.807, 2.05) is 31.2 Å². The maximum atomic E-state index is 12.0. The Morgan fingerprint density at radius 3 is 2.34 bits per heavy atom. The quantitative estimate of drug-likeness (QED) is 0.679. The lowest BCUT2D eigenvalue weighted by Crippen LogP contribution is -2.42. The molecule has 3 rings (SSSR count). The van der Waals surface area contributed by atoms with Gasteiger partial charge in [-0.1, -0.05) is 48.9 Å². The summed E-state index contributed by atoms with van der Waals surface area (Å²) in [7, 11) is -2.99. The third-order valence-corrected chi connectivity index (χ3v) is 7.20. The van der Waals surface area contributed by atoms with Gasteiger partial charge in [-0.2, -0.15) is 0 Å². The zero-order valence-corrected chi connectivity index (χ0v) is 18.1. The van der Waals surface area contributed by atoms with E-state index < -0.39 is 15.9 Å². The first-order valence-corrected chi connectivity index (χ1v) is 12.1. The van der Waals surface area contributed by atoms with Gasteiger partial charge in [-0.15, -0.1) is 0 Å². The Morgan fingerprint density at radius 1 is 1.10 bits per heavy atom. The number of hydrogen-bond donors (Lipinski definition) is 1. The highest BCUT2D eigenvalue weighted by Crippen LogP contribution is 2.21. The summed E-state index contributed by atoms with van der Waals surface area (Å²) in [6.07, 6.45) is 0.899. The molecule has 2 aromatic rings. The molecule has 1 aliphatic rings. The van der Waals surface area contributed by atoms with E-state index in [2.05, 4.69) is 36.1 Å². The minimum absolute atomic E-state index is 0.0696. The van der Waals surface area contributed by atoms with Crippen molar-refractivity contribution in [3.05, 3.63) is 65.2 Å². The number of rotatable bonds is 9. The van der Waals surface area contributed by atoms with E-state index in [0.717, 1.165) is 23.3 Å². The van der Waals surface area contributed by atoms with E-state index >= 15 is 0 Å². The molecular formula is C23H31NO4S. The van der Waals surface area contributed by atoms with Gasteiger partial charge in [0.25, 0.3) is 0 Å². The minimum Gasteiger partial charge on any atom is -0.491 e. The van der Waals surface area contributed by atoms with E-state index in [0.29, 0.717) is 19.5 Å². The molecule has 1 N–H and O–H groups in total. The van der Waals surface area contributed by atoms with Crippen LogP contribution in [0.4, 0.5) is 0 Å². The lowest BCUT2D eigenvalue weighted by Gasteiger charge is -2.30. The van der Waals surface area contributed by atoms with E-state index in [4.69, 9.17) is 4.74 Å². The van der Waals surface area contributed by atoms with Gasteiger partial charge in [0, 0.05) is 19.1 Å². The first-order chi connectivity index (χ1) is 13.8. The fourth-order valence-electron chi connectivity index (χ4n) is 3.67. The number of nitrogens with zero attached hydrogens (tertiary/aromatic N) is 1. The SMILES string of the molecule is CCc1ccc(CN(CC(O)COc2ccc(C)cc2)C2CCS(=O)(=O)C2)cc1. The molecule has 0 saturated carbocycles. The monoisotopic (exact) mass is 417 g/mol. The number of hydrogen-bond acceptors (Lipinski definition) is 5. The number of benzene rings is 2. The van der Waals surface area contributed by atoms with Gasteiger partial charge in [-0.3, -0.25) is 4.90 Å². The Labute approximate surface area is 174 Å². The molecule has 158 valence electrons. The molecule has 0 aromatic heterocycles. The first-order valence-electron chi connectivity index (χ1n) is 10.2. The van der Waals surface area contributed by atoms with Crippen molar-refractivity contribution in [2.45, 2.75) is 45.4 Å². The summed E-state index contributed by atoms with van der Waals surface area (Å²) in [6, 6.07) is 16.0. The van der Waals surface area contributed by atoms with Crippen LogP contribution in [0.15, 0.2) is 48.5 Å². The zero-order valence-electron chi connectivity index (χ0n) is 17.3. The minimum atomic E-state index is -2.99. The van der Waals surface area contributed by atoms with Crippen LogP contribution in [-0.2, 0) is 22.8 Å². The zero-order chi connectivity index (χ0) is 20.9. The van der Waals surface area contributed by atoms with Gasteiger partial charge in [0.2, 0.25) is 0 Å². The summed E-state index contributed by atoms with van der Waals surface area (Å²) in [6.45, 7) is 5.30. The van der Waals surface area contributed by atoms with Gasteiger partial charge in [-0.05, 0) is 43.0 Å². The van der Waals surface area contributed by atoms with Crippen LogP contribution >= 0.6 is 0 Å². The van der Waals surface area contributed by atoms with Gasteiger partial charge in [0.15, 0.2) is 9.84 Å². The predicted molar refractivity (Wildman–Crippen MR) is 116 cm³/mol. The van der Waals surface area contributed by atoms with Gasteiger partial charge in [-0.25, -0.2) is 8.42 Å². The number of aliphatic hydroxyl groups excluding tert-OH is 1. The molecular weight excluding hydrogens is 386 g/mol. The van der Waals surface area contributed by atoms with Crippen molar-refractivity contribution in [3.8, 4) is 5.75 Å². The Kier molecular flexibility index (Phi) is 7.33. The largest absolute Gasteiger partial charge is 0.491 e. The van der Waals surface area contributed by atoms with Crippen molar-refractivity contribution in [1.29, 1.82) is 0 Å². The second kappa shape index (κ2) is 9.74. The van der Waals surface area contributed by atoms with E-state index in [-0.39, 0.29) is 24.2 Å². The summed E-state index contributed by atoms with van der Waals surface area (Å²) in [5.41, 5.74) is 3.55. The number of sulfone groups is 1. The lowest BCUT2D eigenvalue weighted by atomic mass is 10.1. The van der Waals surface area contributed by atoms with Gasteiger partial charge in [0.1, 0.15) is 18.5 Å². The second-order valence-corrected chi connectivity index (χ2v) is 10.2. The predicted octanol–water partition coefficient (Wildman–Crippen LogP) is 2.99. The molecule has 1 aliphatic heterocycles. The maximum absolute atomic E-state index is 12.0. The third-order valence-electron chi connectivity index (χ3n) is 5.45. The molecule has 1 heterocycles. The molecule has 2 aromatic carbocycles. The Balaban J connectivity index is 1.64. The van der Waals surface area contributed by atoms with Gasteiger partial charge >= 0.3 is 0 Å². The molecule has 0 amide bonds. The smallest absolute Gasteiger partial charge is 0.151 e. The normalized spacial score (nSPS) is 19.4. The van der Waals surface area contributed by atoms with Crippen molar-refractivity contribution >= 4 is 9.84 Å². The molecule has 0 radical (unpaired) electrons. The molecule has 0 bridgehead atoms. The van der Waals surface area contributed by atoms with Crippen LogP contribution in [0.1, 0.15) is 30.0 Å². The lowest BCUT2D eigenvalue weighted by molar-refractivity contribution is 0.0525. The van der Waals surface area contributed by atoms with Crippen LogP contribution in [0, 0.1) is 6.92 Å². The molecule has 0 spiro atoms. The standard InChI is InChI=1S/C23H31NO4S/c1-3-19-6-8-20(9-7-19)14-24(21-12-13-29(26,27)17-21)15-22(25)16-28-23-10-4-18(2)5-11-23/h4-11,21-22,25H,3,12-17H2,1-2H3. The van der Waals surface area contributed by atoms with E-state index in [9.17, 15) is 13.5 Å². The topological polar surface area (TPSA) is 66.8 Å². The summed E-state index contributed by atoms with van der Waals surface area (Å²) < 4.78 is 29.7. The van der Waals surface area contributed by atoms with E-state index in [1.54, 1.807) is 0 Å². The highest BCUT2D eigenvalue weighted by molar-refractivity contribution is 7.91. The van der Waals surface area contributed by atoms with Crippen LogP contribution in [0.25, 0.3) is 0 Å². The van der Waals surface area contributed by atoms with Crippen molar-refractivity contribution < 1.29 is 18.3 Å². The van der Waals surface area contributed by atoms with E-state index in [1.165, 1.54) is 5.56 Å². The van der Waals surface area contributed by atoms with Crippen LogP contribution in [-0.4, -0.2) is 55.2 Å². The maximum Gasteiger partial charge on any atom is 0.151 e. The summed E-state index contributed by atoms with van der Waals surface area (Å²) in [5.74, 6) is 1.10. The molecule has 2 atom stereocenters. The second-order valence-electron chi connectivity index (χ2n) is 7.93. The van der Waals surface area contributed by atoms with Crippen molar-refractivity contribution in [2.24, 2.45) is 0 Å². The molecule has 0 aliphatic carbocycles. The fraction of sp³-hybridized carbons (Fsp3) is 0.478. The Bertz CT molecular complexity index is 878. The van der Waals surface area contributed by atoms with Crippen LogP contribution in [0.2, 0.25) is 0 Å². The molecule has 5 nitrogen and oxygen atoms in total. The average Bonchev–Trinajstić information content (AvgIpc) is 3.07. The fourth-order valence-corrected chi connectivity index (χ4v) is 5.43. The van der Waals surface area contributed by atoms with Crippen LogP contribution < -0.4 is 4.74 Å². The average molecular weight is 418 g/mol. The third kappa shape index (κ3) is 6.56. The highest BCUT2D eigenvalue weighted by Gasteiger charge is 2.33. The summed E-state index contributed by atoms with van der Waals surface area (Å²) in [5, 5.41) is 10.6. The number of aliphatic hydroxyl groups is 1. The molecule has 1 fully saturated rings. The van der Waals surface area contributed by atoms with Crippen molar-refractivity contribution in [1.82, 2.24) is 4.90 Å². The summed E-state index contributed by atoms with van der Waals surface area (Å²) in [4.78, 5) is 2.09. The van der Waals surface area contributed by atoms with Crippen LogP contribution in [0.3, 0.4) is 0 Å². The molecule has 6 heteroatoms. The van der Waals surface area contributed by atoms with Crippen molar-refractivity contribution in [3.63, 3.8) is 0 Å². The first kappa shape index (κ1) is 21.8. The Hall–Kier alpha value is -1.89. The number of aryl methyl sites for hydroxylation is 2. The number of ether oxygens (including phenoxy) is 1. The highest BCUT2D eigenvalue weighted by atomic mass is 32.2. The molecule has 2 unspecified atom stereocenters. The van der Waals surface area contributed by atoms with Crippen molar-refractivity contribution in [2.75, 3.05) is 24.7 Å². The van der Waals surface area contributed by atoms with Gasteiger partial charge < -0.3 is 9.84 Å².